The number of para-hydroxylation sites is 1. The second kappa shape index (κ2) is 11.9. The highest BCUT2D eigenvalue weighted by Crippen LogP contribution is 2.32. The van der Waals surface area contributed by atoms with Gasteiger partial charge in [-0.2, -0.15) is 5.10 Å². The number of hydrogen-bond donors (Lipinski definition) is 2. The fourth-order valence-electron chi connectivity index (χ4n) is 2.32. The molecule has 0 aliphatic heterocycles. The van der Waals surface area contributed by atoms with Crippen LogP contribution in [0.1, 0.15) is 18.1 Å². The van der Waals surface area contributed by atoms with Crippen molar-refractivity contribution >= 4 is 58.6 Å². The minimum atomic E-state index is -0.290. The van der Waals surface area contributed by atoms with E-state index in [9.17, 15) is 9.90 Å². The molecule has 162 valence electrons. The predicted molar refractivity (Wildman–Crippen MR) is 127 cm³/mol. The lowest BCUT2D eigenvalue weighted by Gasteiger charge is -2.07. The lowest BCUT2D eigenvalue weighted by Crippen LogP contribution is -2.19. The highest BCUT2D eigenvalue weighted by Gasteiger charge is 2.10. The van der Waals surface area contributed by atoms with Crippen LogP contribution in [0, 0.1) is 0 Å². The van der Waals surface area contributed by atoms with Crippen molar-refractivity contribution in [3.8, 4) is 11.5 Å². The Bertz CT molecular complexity index is 1060. The van der Waals surface area contributed by atoms with Gasteiger partial charge in [0.1, 0.15) is 0 Å². The van der Waals surface area contributed by atoms with E-state index in [-0.39, 0.29) is 17.4 Å². The summed E-state index contributed by atoms with van der Waals surface area (Å²) in [6, 6.07) is 12.7. The Kier molecular flexibility index (Phi) is 9.01. The number of carbonyl (C=O) groups is 1. The molecule has 2 aromatic carbocycles. The van der Waals surface area contributed by atoms with Gasteiger partial charge in [-0.25, -0.2) is 5.43 Å². The van der Waals surface area contributed by atoms with E-state index in [0.29, 0.717) is 28.0 Å². The number of hydrazone groups is 1. The van der Waals surface area contributed by atoms with Gasteiger partial charge in [0.15, 0.2) is 20.2 Å². The first-order chi connectivity index (χ1) is 15.1. The zero-order valence-corrected chi connectivity index (χ0v) is 19.7. The van der Waals surface area contributed by atoms with Gasteiger partial charge in [-0.15, -0.1) is 10.2 Å². The van der Waals surface area contributed by atoms with E-state index in [1.807, 2.05) is 31.2 Å². The van der Waals surface area contributed by atoms with Gasteiger partial charge in [0.2, 0.25) is 0 Å². The van der Waals surface area contributed by atoms with Crippen LogP contribution in [0.15, 0.2) is 56.2 Å². The first-order valence-electron chi connectivity index (χ1n) is 9.16. The molecule has 31 heavy (non-hydrogen) atoms. The summed E-state index contributed by atoms with van der Waals surface area (Å²) in [4.78, 5) is 12.0. The molecule has 3 aromatic rings. The van der Waals surface area contributed by atoms with Crippen LogP contribution in [-0.2, 0) is 10.5 Å². The Balaban J connectivity index is 1.44. The van der Waals surface area contributed by atoms with Gasteiger partial charge in [-0.3, -0.25) is 4.79 Å². The van der Waals surface area contributed by atoms with Crippen LogP contribution < -0.4 is 10.2 Å². The van der Waals surface area contributed by atoms with Crippen LogP contribution in [0.2, 0.25) is 5.02 Å². The lowest BCUT2D eigenvalue weighted by atomic mass is 10.2. The summed E-state index contributed by atoms with van der Waals surface area (Å²) in [5.74, 6) is 0.903. The first kappa shape index (κ1) is 23.4. The number of aromatic hydroxyl groups is 1. The van der Waals surface area contributed by atoms with E-state index < -0.39 is 0 Å². The summed E-state index contributed by atoms with van der Waals surface area (Å²) in [5, 5.41) is 23.0. The number of thioether (sulfide) groups is 2. The standard InChI is InChI=1S/C20H19ClN4O3S3/c1-2-28-16-9-5-7-13(18(16)27)10-22-23-17(26)12-30-20-25-24-19(31-20)29-11-14-6-3-4-8-15(14)21/h3-10,27H,2,11-12H2,1H3,(H,23,26)/b22-10+. The number of amides is 1. The van der Waals surface area contributed by atoms with Crippen LogP contribution in [-0.4, -0.2) is 39.8 Å². The molecular weight excluding hydrogens is 476 g/mol. The van der Waals surface area contributed by atoms with E-state index in [2.05, 4.69) is 20.7 Å². The molecule has 1 heterocycles. The average Bonchev–Trinajstić information content (AvgIpc) is 3.22. The zero-order valence-electron chi connectivity index (χ0n) is 16.4. The molecule has 0 saturated heterocycles. The van der Waals surface area contributed by atoms with Crippen LogP contribution in [0.4, 0.5) is 0 Å². The van der Waals surface area contributed by atoms with Crippen molar-refractivity contribution in [2.24, 2.45) is 5.10 Å². The van der Waals surface area contributed by atoms with Crippen molar-refractivity contribution in [1.29, 1.82) is 0 Å². The number of rotatable bonds is 10. The minimum Gasteiger partial charge on any atom is -0.504 e. The Morgan fingerprint density at radius 1 is 1.23 bits per heavy atom. The Morgan fingerprint density at radius 3 is 2.77 bits per heavy atom. The summed E-state index contributed by atoms with van der Waals surface area (Å²) >= 11 is 10.4. The number of carbonyl (C=O) groups excluding carboxylic acids is 1. The number of nitrogens with one attached hydrogen (secondary N) is 1. The molecule has 3 rings (SSSR count). The van der Waals surface area contributed by atoms with Crippen molar-refractivity contribution in [3.05, 3.63) is 58.6 Å². The molecule has 1 aromatic heterocycles. The summed E-state index contributed by atoms with van der Waals surface area (Å²) < 4.78 is 6.83. The van der Waals surface area contributed by atoms with E-state index in [4.69, 9.17) is 16.3 Å². The summed E-state index contributed by atoms with van der Waals surface area (Å²) in [7, 11) is 0. The van der Waals surface area contributed by atoms with Crippen molar-refractivity contribution < 1.29 is 14.6 Å². The minimum absolute atomic E-state index is 0.0209. The maximum absolute atomic E-state index is 12.0. The van der Waals surface area contributed by atoms with Crippen molar-refractivity contribution in [1.82, 2.24) is 15.6 Å². The molecule has 0 radical (unpaired) electrons. The Hall–Kier alpha value is -2.27. The van der Waals surface area contributed by atoms with Crippen LogP contribution in [0.25, 0.3) is 0 Å². The second-order valence-corrected chi connectivity index (χ2v) is 9.75. The fourth-order valence-corrected chi connectivity index (χ4v) is 5.42. The van der Waals surface area contributed by atoms with E-state index in [1.54, 1.807) is 30.0 Å². The van der Waals surface area contributed by atoms with E-state index in [1.165, 1.54) is 29.3 Å². The molecule has 1 amide bonds. The predicted octanol–water partition coefficient (Wildman–Crippen LogP) is 4.83. The van der Waals surface area contributed by atoms with Gasteiger partial charge in [0.05, 0.1) is 18.6 Å². The SMILES string of the molecule is CCOc1cccc(/C=N/NC(=O)CSc2nnc(SCc3ccccc3Cl)s2)c1O. The highest BCUT2D eigenvalue weighted by atomic mass is 35.5. The van der Waals surface area contributed by atoms with Gasteiger partial charge in [0.25, 0.3) is 5.91 Å². The number of ether oxygens (including phenoxy) is 1. The van der Waals surface area contributed by atoms with Crippen LogP contribution >= 0.6 is 46.5 Å². The molecule has 7 nitrogen and oxygen atoms in total. The lowest BCUT2D eigenvalue weighted by molar-refractivity contribution is -0.118. The molecule has 2 N–H and O–H groups in total. The topological polar surface area (TPSA) is 96.7 Å². The highest BCUT2D eigenvalue weighted by molar-refractivity contribution is 8.03. The third-order valence-electron chi connectivity index (χ3n) is 3.75. The smallest absolute Gasteiger partial charge is 0.250 e. The van der Waals surface area contributed by atoms with E-state index in [0.717, 1.165) is 14.9 Å². The number of phenols is 1. The normalized spacial score (nSPS) is 11.0. The number of halogens is 1. The largest absolute Gasteiger partial charge is 0.504 e. The van der Waals surface area contributed by atoms with Gasteiger partial charge >= 0.3 is 0 Å². The average molecular weight is 495 g/mol. The number of hydrogen-bond acceptors (Lipinski definition) is 9. The molecule has 0 spiro atoms. The second-order valence-electron chi connectivity index (χ2n) is 5.92. The zero-order chi connectivity index (χ0) is 22.1. The van der Waals surface area contributed by atoms with Gasteiger partial charge in [-0.1, -0.05) is 70.7 Å². The quantitative estimate of drug-likeness (QED) is 0.236. The maximum Gasteiger partial charge on any atom is 0.250 e. The molecule has 0 aliphatic rings. The van der Waals surface area contributed by atoms with E-state index >= 15 is 0 Å². The number of nitrogens with zero attached hydrogens (tertiary/aromatic N) is 3. The van der Waals surface area contributed by atoms with Crippen LogP contribution in [0.5, 0.6) is 11.5 Å². The molecule has 0 atom stereocenters. The van der Waals surface area contributed by atoms with Crippen molar-refractivity contribution in [2.75, 3.05) is 12.4 Å². The molecule has 0 saturated carbocycles. The molecule has 0 fully saturated rings. The third-order valence-corrected chi connectivity index (χ3v) is 7.35. The number of benzene rings is 2. The van der Waals surface area contributed by atoms with Crippen LogP contribution in [0.3, 0.4) is 0 Å². The third kappa shape index (κ3) is 7.13. The van der Waals surface area contributed by atoms with Gasteiger partial charge in [-0.05, 0) is 30.7 Å². The molecule has 0 aliphatic carbocycles. The Morgan fingerprint density at radius 2 is 2.00 bits per heavy atom. The summed E-state index contributed by atoms with van der Waals surface area (Å²) in [6.45, 7) is 2.27. The number of phenolic OH excluding ortho intramolecular Hbond substituents is 1. The van der Waals surface area contributed by atoms with Gasteiger partial charge in [0, 0.05) is 16.3 Å². The monoisotopic (exact) mass is 494 g/mol. The molecule has 0 unspecified atom stereocenters. The molecular formula is C20H19ClN4O3S3. The Labute approximate surface area is 197 Å². The maximum atomic E-state index is 12.0. The summed E-state index contributed by atoms with van der Waals surface area (Å²) in [5.41, 5.74) is 3.92. The van der Waals surface area contributed by atoms with Crippen molar-refractivity contribution in [3.63, 3.8) is 0 Å². The summed E-state index contributed by atoms with van der Waals surface area (Å²) in [6.07, 6.45) is 1.37. The van der Waals surface area contributed by atoms with Gasteiger partial charge < -0.3 is 9.84 Å². The molecule has 11 heteroatoms. The molecule has 0 bridgehead atoms. The first-order valence-corrected chi connectivity index (χ1v) is 12.3. The van der Waals surface area contributed by atoms with Crippen molar-refractivity contribution in [2.45, 2.75) is 21.4 Å². The number of aromatic nitrogens is 2. The fraction of sp³-hybridized carbons (Fsp3) is 0.200.